The van der Waals surface area contributed by atoms with Crippen LogP contribution >= 0.6 is 39.1 Å². The van der Waals surface area contributed by atoms with Crippen molar-refractivity contribution in [2.45, 2.75) is 12.7 Å². The highest BCUT2D eigenvalue weighted by atomic mass is 79.9. The Kier molecular flexibility index (Phi) is 4.29. The predicted octanol–water partition coefficient (Wildman–Crippen LogP) is 5.57. The summed E-state index contributed by atoms with van der Waals surface area (Å²) in [5.74, 6) is 0. The molecule has 0 aliphatic rings. The molecule has 0 amide bonds. The zero-order chi connectivity index (χ0) is 16.8. The van der Waals surface area contributed by atoms with E-state index in [4.69, 9.17) is 23.2 Å². The Morgan fingerprint density at radius 2 is 1.74 bits per heavy atom. The number of hydrogen-bond donors (Lipinski definition) is 0. The number of rotatable bonds is 2. The van der Waals surface area contributed by atoms with Gasteiger partial charge >= 0.3 is 6.18 Å². The van der Waals surface area contributed by atoms with Crippen molar-refractivity contribution in [1.82, 2.24) is 14.5 Å². The average molecular weight is 425 g/mol. The van der Waals surface area contributed by atoms with Gasteiger partial charge in [-0.2, -0.15) is 13.2 Å². The molecule has 0 fully saturated rings. The highest BCUT2D eigenvalue weighted by Gasteiger charge is 2.30. The number of nitrogens with zero attached hydrogens (tertiary/aromatic N) is 3. The Bertz CT molecular complexity index is 876. The molecular weight excluding hydrogens is 418 g/mol. The van der Waals surface area contributed by atoms with E-state index in [1.165, 1.54) is 12.1 Å². The molecule has 0 saturated heterocycles. The van der Waals surface area contributed by atoms with Gasteiger partial charge in [0.05, 0.1) is 17.6 Å². The normalized spacial score (nSPS) is 12.1. The first-order valence-electron chi connectivity index (χ1n) is 6.29. The van der Waals surface area contributed by atoms with Gasteiger partial charge in [0.15, 0.2) is 9.89 Å². The molecule has 3 aromatic rings. The fourth-order valence-electron chi connectivity index (χ4n) is 2.18. The Hall–Kier alpha value is -1.31. The van der Waals surface area contributed by atoms with Crippen molar-refractivity contribution in [3.63, 3.8) is 0 Å². The van der Waals surface area contributed by atoms with Gasteiger partial charge < -0.3 is 4.57 Å². The summed E-state index contributed by atoms with van der Waals surface area (Å²) >= 11 is 15.3. The molecule has 0 aliphatic heterocycles. The smallest absolute Gasteiger partial charge is 0.312 e. The number of imidazole rings is 1. The topological polar surface area (TPSA) is 30.7 Å². The van der Waals surface area contributed by atoms with Crippen molar-refractivity contribution in [3.8, 4) is 0 Å². The fraction of sp³-hybridized carbons (Fsp3) is 0.143. The van der Waals surface area contributed by atoms with Crippen LogP contribution < -0.4 is 0 Å². The lowest BCUT2D eigenvalue weighted by molar-refractivity contribution is -0.137. The first kappa shape index (κ1) is 16.5. The minimum atomic E-state index is -4.36. The molecule has 0 saturated carbocycles. The van der Waals surface area contributed by atoms with Gasteiger partial charge in [0.2, 0.25) is 0 Å². The molecule has 0 aliphatic carbocycles. The highest BCUT2D eigenvalue weighted by Crippen LogP contribution is 2.31. The van der Waals surface area contributed by atoms with Crippen LogP contribution in [0, 0.1) is 0 Å². The molecule has 0 bridgehead atoms. The average Bonchev–Trinajstić information content (AvgIpc) is 2.74. The standard InChI is InChI=1S/C14H7BrCl2F3N3/c15-13-21-9-5-10(16)22-12(17)11(9)23(13)6-7-1-3-8(4-2-7)14(18,19)20/h1-5H,6H2. The molecule has 120 valence electrons. The number of fused-ring (bicyclic) bond motifs is 1. The van der Waals surface area contributed by atoms with Crippen molar-refractivity contribution in [1.29, 1.82) is 0 Å². The number of hydrogen-bond acceptors (Lipinski definition) is 2. The number of benzene rings is 1. The molecule has 1 aromatic carbocycles. The fourth-order valence-corrected chi connectivity index (χ4v) is 3.19. The van der Waals surface area contributed by atoms with Gasteiger partial charge in [-0.15, -0.1) is 0 Å². The van der Waals surface area contributed by atoms with Crippen LogP contribution in [0.1, 0.15) is 11.1 Å². The second kappa shape index (κ2) is 5.96. The Labute approximate surface area is 147 Å². The summed E-state index contributed by atoms with van der Waals surface area (Å²) in [7, 11) is 0. The van der Waals surface area contributed by atoms with Crippen LogP contribution in [0.15, 0.2) is 35.1 Å². The lowest BCUT2D eigenvalue weighted by Gasteiger charge is -2.10. The third-order valence-corrected chi connectivity index (χ3v) is 4.29. The Morgan fingerprint density at radius 1 is 1.09 bits per heavy atom. The van der Waals surface area contributed by atoms with Gasteiger partial charge in [0, 0.05) is 6.07 Å². The van der Waals surface area contributed by atoms with Crippen molar-refractivity contribution in [2.75, 3.05) is 0 Å². The van der Waals surface area contributed by atoms with Crippen LogP contribution in [-0.2, 0) is 12.7 Å². The molecule has 2 heterocycles. The molecule has 3 nitrogen and oxygen atoms in total. The van der Waals surface area contributed by atoms with Gasteiger partial charge in [0.1, 0.15) is 10.7 Å². The summed E-state index contributed by atoms with van der Waals surface area (Å²) in [6.07, 6.45) is -4.36. The van der Waals surface area contributed by atoms with E-state index >= 15 is 0 Å². The van der Waals surface area contributed by atoms with E-state index < -0.39 is 11.7 Å². The van der Waals surface area contributed by atoms with Crippen molar-refractivity contribution in [3.05, 3.63) is 56.5 Å². The van der Waals surface area contributed by atoms with E-state index in [0.717, 1.165) is 12.1 Å². The number of halogens is 6. The van der Waals surface area contributed by atoms with Gasteiger partial charge in [-0.25, -0.2) is 9.97 Å². The lowest BCUT2D eigenvalue weighted by Crippen LogP contribution is -2.06. The minimum Gasteiger partial charge on any atom is -0.312 e. The van der Waals surface area contributed by atoms with Crippen molar-refractivity contribution in [2.24, 2.45) is 0 Å². The Morgan fingerprint density at radius 3 is 2.35 bits per heavy atom. The second-order valence-corrected chi connectivity index (χ2v) is 6.22. The molecule has 0 N–H and O–H groups in total. The molecule has 2 aromatic heterocycles. The molecule has 0 unspecified atom stereocenters. The third kappa shape index (κ3) is 3.32. The first-order valence-corrected chi connectivity index (χ1v) is 7.84. The van der Waals surface area contributed by atoms with Crippen molar-refractivity contribution < 1.29 is 13.2 Å². The predicted molar refractivity (Wildman–Crippen MR) is 85.8 cm³/mol. The SMILES string of the molecule is FC(F)(F)c1ccc(Cn2c(Br)nc3cc(Cl)nc(Cl)c32)cc1. The maximum Gasteiger partial charge on any atom is 0.416 e. The molecular formula is C14H7BrCl2F3N3. The van der Waals surface area contributed by atoms with E-state index in [1.807, 2.05) is 0 Å². The minimum absolute atomic E-state index is 0.178. The summed E-state index contributed by atoms with van der Waals surface area (Å²) in [6, 6.07) is 6.48. The van der Waals surface area contributed by atoms with Gasteiger partial charge in [-0.05, 0) is 33.6 Å². The zero-order valence-corrected chi connectivity index (χ0v) is 14.3. The van der Waals surface area contributed by atoms with Crippen LogP contribution in [0.25, 0.3) is 11.0 Å². The van der Waals surface area contributed by atoms with Crippen LogP contribution in [0.5, 0.6) is 0 Å². The molecule has 23 heavy (non-hydrogen) atoms. The second-order valence-electron chi connectivity index (χ2n) is 4.77. The van der Waals surface area contributed by atoms with E-state index in [-0.39, 0.29) is 16.9 Å². The molecule has 0 atom stereocenters. The molecule has 0 spiro atoms. The summed E-state index contributed by atoms with van der Waals surface area (Å²) in [5, 5.41) is 0.395. The lowest BCUT2D eigenvalue weighted by atomic mass is 10.1. The monoisotopic (exact) mass is 423 g/mol. The van der Waals surface area contributed by atoms with Crippen LogP contribution in [0.2, 0.25) is 10.3 Å². The van der Waals surface area contributed by atoms with Gasteiger partial charge in [-0.1, -0.05) is 35.3 Å². The molecule has 9 heteroatoms. The summed E-state index contributed by atoms with van der Waals surface area (Å²) in [6.45, 7) is 0.290. The van der Waals surface area contributed by atoms with E-state index in [1.54, 1.807) is 10.6 Å². The van der Waals surface area contributed by atoms with Crippen molar-refractivity contribution >= 4 is 50.2 Å². The van der Waals surface area contributed by atoms with E-state index in [0.29, 0.717) is 21.3 Å². The number of aromatic nitrogens is 3. The van der Waals surface area contributed by atoms with Gasteiger partial charge in [-0.3, -0.25) is 0 Å². The largest absolute Gasteiger partial charge is 0.416 e. The number of alkyl halides is 3. The first-order chi connectivity index (χ1) is 10.8. The highest BCUT2D eigenvalue weighted by molar-refractivity contribution is 9.10. The summed E-state index contributed by atoms with van der Waals surface area (Å²) in [4.78, 5) is 8.24. The third-order valence-electron chi connectivity index (χ3n) is 3.23. The summed E-state index contributed by atoms with van der Waals surface area (Å²) < 4.78 is 40.0. The number of pyridine rings is 1. The van der Waals surface area contributed by atoms with Crippen LogP contribution in [0.3, 0.4) is 0 Å². The van der Waals surface area contributed by atoms with Crippen LogP contribution in [0.4, 0.5) is 13.2 Å². The van der Waals surface area contributed by atoms with E-state index in [2.05, 4.69) is 25.9 Å². The molecule has 3 rings (SSSR count). The maximum atomic E-state index is 12.6. The molecule has 0 radical (unpaired) electrons. The Balaban J connectivity index is 2.00. The quantitative estimate of drug-likeness (QED) is 0.503. The maximum absolute atomic E-state index is 12.6. The van der Waals surface area contributed by atoms with Gasteiger partial charge in [0.25, 0.3) is 0 Å². The zero-order valence-electron chi connectivity index (χ0n) is 11.2. The van der Waals surface area contributed by atoms with E-state index in [9.17, 15) is 13.2 Å². The van der Waals surface area contributed by atoms with Crippen LogP contribution in [-0.4, -0.2) is 14.5 Å². The summed E-state index contributed by atoms with van der Waals surface area (Å²) in [5.41, 5.74) is 1.09.